The summed E-state index contributed by atoms with van der Waals surface area (Å²) in [4.78, 5) is 19.4. The molecule has 0 aliphatic carbocycles. The van der Waals surface area contributed by atoms with Gasteiger partial charge in [0.15, 0.2) is 17.5 Å². The molecule has 0 fully saturated rings. The molecule has 0 amide bonds. The molecule has 4 heteroatoms. The lowest BCUT2D eigenvalue weighted by atomic mass is 9.94. The molecule has 0 saturated heterocycles. The second-order valence-electron chi connectivity index (χ2n) is 12.5. The molecular formula is C45H28N4. The summed E-state index contributed by atoms with van der Waals surface area (Å²) in [6.45, 7) is 0. The van der Waals surface area contributed by atoms with Crippen LogP contribution in [0.1, 0.15) is 0 Å². The fraction of sp³-hybridized carbons (Fsp3) is 0. The lowest BCUT2D eigenvalue weighted by molar-refractivity contribution is 1.08. The highest BCUT2D eigenvalue weighted by atomic mass is 15.0. The first-order chi connectivity index (χ1) is 24.3. The summed E-state index contributed by atoms with van der Waals surface area (Å²) in [5.74, 6) is 1.92. The van der Waals surface area contributed by atoms with Crippen LogP contribution in [0.4, 0.5) is 0 Å². The largest absolute Gasteiger partial charge is 0.354 e. The van der Waals surface area contributed by atoms with E-state index in [9.17, 15) is 0 Å². The van der Waals surface area contributed by atoms with E-state index in [1.165, 1.54) is 26.9 Å². The monoisotopic (exact) mass is 624 g/mol. The Bertz CT molecular complexity index is 2890. The van der Waals surface area contributed by atoms with Gasteiger partial charge in [0.2, 0.25) is 0 Å². The van der Waals surface area contributed by atoms with Gasteiger partial charge in [-0.15, -0.1) is 0 Å². The van der Waals surface area contributed by atoms with Gasteiger partial charge in [0.1, 0.15) is 0 Å². The molecule has 0 atom stereocenters. The summed E-state index contributed by atoms with van der Waals surface area (Å²) < 4.78 is 0. The molecule has 0 spiro atoms. The minimum atomic E-state index is 0.638. The van der Waals surface area contributed by atoms with Crippen LogP contribution in [-0.2, 0) is 0 Å². The second kappa shape index (κ2) is 11.0. The van der Waals surface area contributed by atoms with Crippen LogP contribution in [0.15, 0.2) is 164 Å². The Morgan fingerprint density at radius 1 is 0.306 bits per heavy atom. The number of aromatic amines is 1. The lowest BCUT2D eigenvalue weighted by Crippen LogP contribution is -2.01. The van der Waals surface area contributed by atoms with Crippen molar-refractivity contribution in [2.75, 3.05) is 0 Å². The average Bonchev–Trinajstić information content (AvgIpc) is 3.56. The maximum atomic E-state index is 5.29. The lowest BCUT2D eigenvalue weighted by Gasteiger charge is -2.14. The summed E-state index contributed by atoms with van der Waals surface area (Å²) in [6, 6.07) is 57.5. The topological polar surface area (TPSA) is 54.5 Å². The standard InChI is InChI=1S/C45H28N4/c1-2-12-28(13-3-1)31-15-6-7-17-35(31)43-47-44(49-45(48-43)38-21-11-23-40-42(38)37-18-8-9-22-39(37)46-40)36-20-10-19-34-33(36)27-26-30-25-24-29-14-4-5-16-32(29)41(30)34/h1-27,46H. The molecule has 1 N–H and O–H groups in total. The van der Waals surface area contributed by atoms with E-state index in [4.69, 9.17) is 15.0 Å². The van der Waals surface area contributed by atoms with Crippen molar-refractivity contribution >= 4 is 54.1 Å². The number of rotatable bonds is 4. The number of nitrogens with one attached hydrogen (secondary N) is 1. The Morgan fingerprint density at radius 2 is 0.878 bits per heavy atom. The number of benzene rings is 8. The molecule has 2 aromatic heterocycles. The molecule has 8 aromatic carbocycles. The van der Waals surface area contributed by atoms with Crippen LogP contribution in [0.5, 0.6) is 0 Å². The zero-order chi connectivity index (χ0) is 32.3. The third-order valence-electron chi connectivity index (χ3n) is 9.67. The molecule has 228 valence electrons. The number of hydrogen-bond acceptors (Lipinski definition) is 3. The van der Waals surface area contributed by atoms with Crippen molar-refractivity contribution < 1.29 is 0 Å². The zero-order valence-electron chi connectivity index (χ0n) is 26.4. The van der Waals surface area contributed by atoms with Gasteiger partial charge in [0.05, 0.1) is 0 Å². The molecule has 0 saturated carbocycles. The first-order valence-electron chi connectivity index (χ1n) is 16.5. The highest BCUT2D eigenvalue weighted by molar-refractivity contribution is 6.22. The van der Waals surface area contributed by atoms with Crippen LogP contribution in [0.2, 0.25) is 0 Å². The van der Waals surface area contributed by atoms with Crippen molar-refractivity contribution in [3.8, 4) is 45.3 Å². The number of fused-ring (bicyclic) bond motifs is 8. The quantitative estimate of drug-likeness (QED) is 0.198. The summed E-state index contributed by atoms with van der Waals surface area (Å²) in [5.41, 5.74) is 7.23. The summed E-state index contributed by atoms with van der Waals surface area (Å²) in [5, 5.41) is 9.45. The number of nitrogens with zero attached hydrogens (tertiary/aromatic N) is 3. The van der Waals surface area contributed by atoms with Crippen molar-refractivity contribution in [1.82, 2.24) is 19.9 Å². The Morgan fingerprint density at radius 3 is 1.76 bits per heavy atom. The van der Waals surface area contributed by atoms with E-state index in [1.807, 2.05) is 6.07 Å². The molecule has 0 unspecified atom stereocenters. The van der Waals surface area contributed by atoms with E-state index in [0.29, 0.717) is 17.5 Å². The summed E-state index contributed by atoms with van der Waals surface area (Å²) in [7, 11) is 0. The number of hydrogen-bond donors (Lipinski definition) is 1. The van der Waals surface area contributed by atoms with Crippen molar-refractivity contribution in [3.05, 3.63) is 164 Å². The van der Waals surface area contributed by atoms with Crippen LogP contribution in [-0.4, -0.2) is 19.9 Å². The SMILES string of the molecule is c1ccc(-c2ccccc2-c2nc(-c3cccc4c3ccc3ccc5ccccc5c34)nc(-c3cccc4[nH]c5ccccc5c34)n2)cc1. The van der Waals surface area contributed by atoms with Crippen LogP contribution >= 0.6 is 0 Å². The van der Waals surface area contributed by atoms with Gasteiger partial charge in [-0.3, -0.25) is 0 Å². The Kier molecular flexibility index (Phi) is 6.15. The molecule has 0 radical (unpaired) electrons. The van der Waals surface area contributed by atoms with Crippen molar-refractivity contribution in [3.63, 3.8) is 0 Å². The third kappa shape index (κ3) is 4.42. The van der Waals surface area contributed by atoms with Crippen LogP contribution < -0.4 is 0 Å². The smallest absolute Gasteiger partial charge is 0.164 e. The predicted molar refractivity (Wildman–Crippen MR) is 203 cm³/mol. The number of para-hydroxylation sites is 1. The van der Waals surface area contributed by atoms with Crippen LogP contribution in [0.25, 0.3) is 99.4 Å². The second-order valence-corrected chi connectivity index (χ2v) is 12.5. The Labute approximate surface area is 282 Å². The normalized spacial score (nSPS) is 11.7. The van der Waals surface area contributed by atoms with Gasteiger partial charge in [-0.1, -0.05) is 152 Å². The number of aromatic nitrogens is 4. The fourth-order valence-electron chi connectivity index (χ4n) is 7.43. The molecular weight excluding hydrogens is 597 g/mol. The first kappa shape index (κ1) is 27.5. The highest BCUT2D eigenvalue weighted by Gasteiger charge is 2.20. The molecule has 49 heavy (non-hydrogen) atoms. The van der Waals surface area contributed by atoms with E-state index in [2.05, 4.69) is 163 Å². The molecule has 4 nitrogen and oxygen atoms in total. The van der Waals surface area contributed by atoms with Gasteiger partial charge in [0.25, 0.3) is 0 Å². The van der Waals surface area contributed by atoms with Gasteiger partial charge < -0.3 is 4.98 Å². The van der Waals surface area contributed by atoms with Gasteiger partial charge in [0, 0.05) is 38.5 Å². The van der Waals surface area contributed by atoms with Crippen LogP contribution in [0.3, 0.4) is 0 Å². The highest BCUT2D eigenvalue weighted by Crippen LogP contribution is 2.39. The molecule has 0 bridgehead atoms. The predicted octanol–water partition coefficient (Wildman–Crippen LogP) is 11.6. The van der Waals surface area contributed by atoms with Gasteiger partial charge >= 0.3 is 0 Å². The molecule has 2 heterocycles. The molecule has 10 aromatic rings. The minimum absolute atomic E-state index is 0.638. The molecule has 0 aliphatic heterocycles. The summed E-state index contributed by atoms with van der Waals surface area (Å²) >= 11 is 0. The van der Waals surface area contributed by atoms with E-state index < -0.39 is 0 Å². The minimum Gasteiger partial charge on any atom is -0.354 e. The summed E-state index contributed by atoms with van der Waals surface area (Å²) in [6.07, 6.45) is 0. The molecule has 0 aliphatic rings. The average molecular weight is 625 g/mol. The van der Waals surface area contributed by atoms with E-state index in [1.54, 1.807) is 0 Å². The number of H-pyrrole nitrogens is 1. The van der Waals surface area contributed by atoms with E-state index in [0.717, 1.165) is 55.0 Å². The van der Waals surface area contributed by atoms with Crippen LogP contribution in [0, 0.1) is 0 Å². The maximum Gasteiger partial charge on any atom is 0.164 e. The van der Waals surface area contributed by atoms with Gasteiger partial charge in [-0.05, 0) is 55.6 Å². The first-order valence-corrected chi connectivity index (χ1v) is 16.5. The van der Waals surface area contributed by atoms with E-state index in [-0.39, 0.29) is 0 Å². The maximum absolute atomic E-state index is 5.29. The Balaban J connectivity index is 1.28. The van der Waals surface area contributed by atoms with Gasteiger partial charge in [-0.25, -0.2) is 15.0 Å². The Hall–Kier alpha value is -6.65. The zero-order valence-corrected chi connectivity index (χ0v) is 26.4. The van der Waals surface area contributed by atoms with Crippen molar-refractivity contribution in [2.45, 2.75) is 0 Å². The fourth-order valence-corrected chi connectivity index (χ4v) is 7.43. The van der Waals surface area contributed by atoms with Gasteiger partial charge in [-0.2, -0.15) is 0 Å². The van der Waals surface area contributed by atoms with Crippen molar-refractivity contribution in [2.24, 2.45) is 0 Å². The third-order valence-corrected chi connectivity index (χ3v) is 9.67. The molecule has 10 rings (SSSR count). The van der Waals surface area contributed by atoms with E-state index >= 15 is 0 Å². The van der Waals surface area contributed by atoms with Crippen molar-refractivity contribution in [1.29, 1.82) is 0 Å².